The first-order valence-corrected chi connectivity index (χ1v) is 11.5. The fraction of sp³-hybridized carbons (Fsp3) is 0.133. The van der Waals surface area contributed by atoms with Gasteiger partial charge in [0.1, 0.15) is 18.6 Å². The van der Waals surface area contributed by atoms with Crippen LogP contribution >= 0.6 is 0 Å². The number of ether oxygens (including phenoxy) is 1. The first-order chi connectivity index (χ1) is 17.2. The average Bonchev–Trinajstić information content (AvgIpc) is 2.93. The largest absolute Gasteiger partial charge is 0.488 e. The van der Waals surface area contributed by atoms with Crippen molar-refractivity contribution in [1.82, 2.24) is 4.90 Å². The maximum atomic E-state index is 14.0. The smallest absolute Gasteiger partial charge is 0.258 e. The summed E-state index contributed by atoms with van der Waals surface area (Å²) in [6, 6.07) is 33.0. The van der Waals surface area contributed by atoms with Crippen LogP contribution in [0.15, 0.2) is 109 Å². The number of hydrogen-bond acceptors (Lipinski definition) is 4. The number of carbonyl (C=O) groups excluding carboxylic acids is 2. The fourth-order valence-corrected chi connectivity index (χ4v) is 3.97. The maximum absolute atomic E-state index is 14.0. The Hall–Kier alpha value is -4.22. The molecule has 1 amide bonds. The number of aliphatic hydroxyl groups excluding tert-OH is 1. The van der Waals surface area contributed by atoms with Crippen LogP contribution in [0.1, 0.15) is 43.4 Å². The van der Waals surface area contributed by atoms with Gasteiger partial charge in [-0.15, -0.1) is 0 Å². The lowest BCUT2D eigenvalue weighted by Gasteiger charge is -2.32. The summed E-state index contributed by atoms with van der Waals surface area (Å²) in [4.78, 5) is 27.2. The van der Waals surface area contributed by atoms with Crippen LogP contribution in [0.3, 0.4) is 0 Å². The Kier molecular flexibility index (Phi) is 8.04. The summed E-state index contributed by atoms with van der Waals surface area (Å²) in [6.07, 6.45) is 0.708. The summed E-state index contributed by atoms with van der Waals surface area (Å²) in [5, 5.41) is 10.4. The van der Waals surface area contributed by atoms with Gasteiger partial charge in [-0.1, -0.05) is 91.0 Å². The Morgan fingerprint density at radius 2 is 1.43 bits per heavy atom. The van der Waals surface area contributed by atoms with Gasteiger partial charge in [0.15, 0.2) is 0 Å². The van der Waals surface area contributed by atoms with Crippen molar-refractivity contribution in [2.24, 2.45) is 0 Å². The van der Waals surface area contributed by atoms with Gasteiger partial charge >= 0.3 is 0 Å². The fourth-order valence-electron chi connectivity index (χ4n) is 3.97. The highest BCUT2D eigenvalue weighted by Crippen LogP contribution is 2.29. The molecule has 0 aromatic heterocycles. The van der Waals surface area contributed by atoms with Crippen molar-refractivity contribution >= 4 is 12.2 Å². The molecule has 5 nitrogen and oxygen atoms in total. The summed E-state index contributed by atoms with van der Waals surface area (Å²) in [6.45, 7) is 0.307. The Balaban J connectivity index is 1.72. The molecular weight excluding hydrogens is 438 g/mol. The number of hydrogen-bond donors (Lipinski definition) is 1. The van der Waals surface area contributed by atoms with Crippen molar-refractivity contribution in [2.75, 3.05) is 6.61 Å². The second-order valence-electron chi connectivity index (χ2n) is 8.18. The molecule has 4 aromatic carbocycles. The molecule has 1 atom stereocenters. The van der Waals surface area contributed by atoms with Gasteiger partial charge in [-0.3, -0.25) is 9.59 Å². The standard InChI is InChI=1S/C30H27NO4/c32-20-25-16-17-29(35-22-24-12-6-2-7-13-24)27(18-25)30(34)31(19-23-10-4-1-5-11-23)28(21-33)26-14-8-3-9-15-26/h1-18,20,28,33H,19,21-22H2/t28-/m0/s1. The molecule has 0 heterocycles. The van der Waals surface area contributed by atoms with Crippen LogP contribution in [0.4, 0.5) is 0 Å². The molecule has 1 N–H and O–H groups in total. The van der Waals surface area contributed by atoms with Crippen LogP contribution in [-0.2, 0) is 13.2 Å². The summed E-state index contributed by atoms with van der Waals surface area (Å²) in [5.74, 6) is 0.0517. The maximum Gasteiger partial charge on any atom is 0.258 e. The lowest BCUT2D eigenvalue weighted by atomic mass is 10.0. The second-order valence-corrected chi connectivity index (χ2v) is 8.18. The van der Waals surface area contributed by atoms with E-state index in [-0.39, 0.29) is 31.2 Å². The van der Waals surface area contributed by atoms with E-state index < -0.39 is 6.04 Å². The SMILES string of the molecule is O=Cc1ccc(OCc2ccccc2)c(C(=O)N(Cc2ccccc2)[C@@H](CO)c2ccccc2)c1. The van der Waals surface area contributed by atoms with Gasteiger partial charge in [-0.2, -0.15) is 0 Å². The van der Waals surface area contributed by atoms with E-state index in [0.717, 1.165) is 16.7 Å². The van der Waals surface area contributed by atoms with Gasteiger partial charge in [0.2, 0.25) is 0 Å². The van der Waals surface area contributed by atoms with Crippen molar-refractivity contribution in [3.63, 3.8) is 0 Å². The first kappa shape index (κ1) is 23.9. The summed E-state index contributed by atoms with van der Waals surface area (Å²) in [5.41, 5.74) is 3.35. The highest BCUT2D eigenvalue weighted by Gasteiger charge is 2.28. The lowest BCUT2D eigenvalue weighted by Crippen LogP contribution is -2.36. The third-order valence-electron chi connectivity index (χ3n) is 5.80. The van der Waals surface area contributed by atoms with Crippen LogP contribution in [0, 0.1) is 0 Å². The number of nitrogens with zero attached hydrogens (tertiary/aromatic N) is 1. The Labute approximate surface area is 205 Å². The molecule has 0 spiro atoms. The van der Waals surface area contributed by atoms with Crippen molar-refractivity contribution < 1.29 is 19.4 Å². The minimum Gasteiger partial charge on any atom is -0.488 e. The highest BCUT2D eigenvalue weighted by molar-refractivity contribution is 5.98. The third-order valence-corrected chi connectivity index (χ3v) is 5.80. The Morgan fingerprint density at radius 1 is 0.829 bits per heavy atom. The third kappa shape index (κ3) is 6.02. The van der Waals surface area contributed by atoms with Crippen LogP contribution in [0.2, 0.25) is 0 Å². The van der Waals surface area contributed by atoms with E-state index in [2.05, 4.69) is 0 Å². The normalized spacial score (nSPS) is 11.5. The van der Waals surface area contributed by atoms with Crippen molar-refractivity contribution in [1.29, 1.82) is 0 Å². The van der Waals surface area contributed by atoms with Crippen molar-refractivity contribution in [3.05, 3.63) is 137 Å². The van der Waals surface area contributed by atoms with Crippen molar-refractivity contribution in [2.45, 2.75) is 19.2 Å². The van der Waals surface area contributed by atoms with E-state index in [4.69, 9.17) is 4.74 Å². The van der Waals surface area contributed by atoms with Crippen LogP contribution in [0.25, 0.3) is 0 Å². The first-order valence-electron chi connectivity index (χ1n) is 11.5. The van der Waals surface area contributed by atoms with Crippen molar-refractivity contribution in [3.8, 4) is 5.75 Å². The highest BCUT2D eigenvalue weighted by atomic mass is 16.5. The van der Waals surface area contributed by atoms with Gasteiger partial charge in [-0.05, 0) is 34.9 Å². The van der Waals surface area contributed by atoms with E-state index in [1.807, 2.05) is 91.0 Å². The molecule has 0 bridgehead atoms. The van der Waals surface area contributed by atoms with E-state index in [1.165, 1.54) is 0 Å². The molecule has 0 unspecified atom stereocenters. The van der Waals surface area contributed by atoms with Gasteiger partial charge in [0.25, 0.3) is 5.91 Å². The molecule has 0 saturated carbocycles. The topological polar surface area (TPSA) is 66.8 Å². The van der Waals surface area contributed by atoms with Crippen LogP contribution in [-0.4, -0.2) is 28.8 Å². The number of carbonyl (C=O) groups is 2. The number of aliphatic hydroxyl groups is 1. The summed E-state index contributed by atoms with van der Waals surface area (Å²) >= 11 is 0. The van der Waals surface area contributed by atoms with E-state index in [9.17, 15) is 14.7 Å². The van der Waals surface area contributed by atoms with Gasteiger partial charge < -0.3 is 14.7 Å². The van der Waals surface area contributed by atoms with E-state index in [1.54, 1.807) is 23.1 Å². The Morgan fingerprint density at radius 3 is 2.03 bits per heavy atom. The zero-order chi connectivity index (χ0) is 24.5. The molecule has 0 saturated heterocycles. The molecule has 35 heavy (non-hydrogen) atoms. The summed E-state index contributed by atoms with van der Waals surface area (Å²) in [7, 11) is 0. The molecular formula is C30H27NO4. The predicted octanol–water partition coefficient (Wildman–Crippen LogP) is 5.45. The average molecular weight is 466 g/mol. The minimum atomic E-state index is -0.578. The summed E-state index contributed by atoms with van der Waals surface area (Å²) < 4.78 is 6.04. The second kappa shape index (κ2) is 11.8. The molecule has 0 radical (unpaired) electrons. The van der Waals surface area contributed by atoms with Crippen LogP contribution in [0.5, 0.6) is 5.75 Å². The molecule has 4 rings (SSSR count). The lowest BCUT2D eigenvalue weighted by molar-refractivity contribution is 0.0563. The molecule has 0 aliphatic carbocycles. The molecule has 176 valence electrons. The quantitative estimate of drug-likeness (QED) is 0.316. The van der Waals surface area contributed by atoms with E-state index in [0.29, 0.717) is 17.6 Å². The Bertz CT molecular complexity index is 1240. The van der Waals surface area contributed by atoms with Gasteiger partial charge in [0, 0.05) is 12.1 Å². The number of benzene rings is 4. The molecule has 0 fully saturated rings. The minimum absolute atomic E-state index is 0.254. The molecule has 0 aliphatic heterocycles. The van der Waals surface area contributed by atoms with Gasteiger partial charge in [-0.25, -0.2) is 0 Å². The molecule has 5 heteroatoms. The van der Waals surface area contributed by atoms with Gasteiger partial charge in [0.05, 0.1) is 18.2 Å². The molecule has 4 aromatic rings. The number of rotatable bonds is 10. The predicted molar refractivity (Wildman–Crippen MR) is 135 cm³/mol. The van der Waals surface area contributed by atoms with Crippen LogP contribution < -0.4 is 4.74 Å². The zero-order valence-electron chi connectivity index (χ0n) is 19.3. The number of amides is 1. The molecule has 0 aliphatic rings. The monoisotopic (exact) mass is 465 g/mol. The van der Waals surface area contributed by atoms with E-state index >= 15 is 0 Å². The zero-order valence-corrected chi connectivity index (χ0v) is 19.3. The number of aldehydes is 1.